The SMILES string of the molecule is Cc1cc(N2CCOCC2)nc(CNS(=O)(=O)c2cc(Cl)ccc2Cl)n1. The highest BCUT2D eigenvalue weighted by atomic mass is 35.5. The van der Waals surface area contributed by atoms with Crippen LogP contribution in [0.5, 0.6) is 0 Å². The first-order valence-electron chi connectivity index (χ1n) is 7.97. The highest BCUT2D eigenvalue weighted by Crippen LogP contribution is 2.25. The van der Waals surface area contributed by atoms with Crippen LogP contribution < -0.4 is 9.62 Å². The molecule has 7 nitrogen and oxygen atoms in total. The molecule has 0 radical (unpaired) electrons. The zero-order chi connectivity index (χ0) is 18.7. The van der Waals surface area contributed by atoms with Gasteiger partial charge in [0.05, 0.1) is 24.8 Å². The molecule has 1 aromatic heterocycles. The lowest BCUT2D eigenvalue weighted by Gasteiger charge is -2.28. The van der Waals surface area contributed by atoms with Gasteiger partial charge in [-0.25, -0.2) is 23.1 Å². The normalized spacial score (nSPS) is 15.3. The predicted octanol–water partition coefficient (Wildman–Crippen LogP) is 2.41. The maximum atomic E-state index is 12.5. The van der Waals surface area contributed by atoms with E-state index in [-0.39, 0.29) is 21.5 Å². The number of anilines is 1. The monoisotopic (exact) mass is 416 g/mol. The van der Waals surface area contributed by atoms with Gasteiger partial charge >= 0.3 is 0 Å². The average Bonchev–Trinajstić information content (AvgIpc) is 2.62. The minimum atomic E-state index is -3.84. The summed E-state index contributed by atoms with van der Waals surface area (Å²) in [6.07, 6.45) is 0. The second kappa shape index (κ2) is 8.06. The highest BCUT2D eigenvalue weighted by molar-refractivity contribution is 7.89. The van der Waals surface area contributed by atoms with Gasteiger partial charge < -0.3 is 9.64 Å². The third-order valence-electron chi connectivity index (χ3n) is 3.83. The predicted molar refractivity (Wildman–Crippen MR) is 100 cm³/mol. The summed E-state index contributed by atoms with van der Waals surface area (Å²) in [5, 5.41) is 0.386. The fourth-order valence-corrected chi connectivity index (χ4v) is 4.31. The molecule has 1 fully saturated rings. The number of rotatable bonds is 5. The Kier molecular flexibility index (Phi) is 5.99. The van der Waals surface area contributed by atoms with Crippen molar-refractivity contribution in [3.05, 3.63) is 45.8 Å². The molecule has 10 heteroatoms. The summed E-state index contributed by atoms with van der Waals surface area (Å²) in [7, 11) is -3.84. The summed E-state index contributed by atoms with van der Waals surface area (Å²) < 4.78 is 32.8. The van der Waals surface area contributed by atoms with Gasteiger partial charge in [0.15, 0.2) is 0 Å². The fourth-order valence-electron chi connectivity index (χ4n) is 2.57. The average molecular weight is 417 g/mol. The van der Waals surface area contributed by atoms with E-state index in [0.717, 1.165) is 24.6 Å². The number of hydrogen-bond donors (Lipinski definition) is 1. The minimum Gasteiger partial charge on any atom is -0.378 e. The molecule has 1 N–H and O–H groups in total. The summed E-state index contributed by atoms with van der Waals surface area (Å²) in [5.41, 5.74) is 0.761. The zero-order valence-electron chi connectivity index (χ0n) is 14.1. The van der Waals surface area contributed by atoms with Crippen LogP contribution in [0, 0.1) is 6.92 Å². The van der Waals surface area contributed by atoms with E-state index in [1.807, 2.05) is 13.0 Å². The molecule has 140 valence electrons. The molecule has 2 heterocycles. The van der Waals surface area contributed by atoms with E-state index in [0.29, 0.717) is 19.0 Å². The van der Waals surface area contributed by atoms with Crippen molar-refractivity contribution in [2.45, 2.75) is 18.4 Å². The van der Waals surface area contributed by atoms with E-state index in [1.165, 1.54) is 18.2 Å². The standard InChI is InChI=1S/C16H18Cl2N4O3S/c1-11-8-16(22-4-6-25-7-5-22)21-15(20-11)10-19-26(23,24)14-9-12(17)2-3-13(14)18/h2-3,8-9,19H,4-7,10H2,1H3. The third-order valence-corrected chi connectivity index (χ3v) is 5.94. The topological polar surface area (TPSA) is 84.4 Å². The van der Waals surface area contributed by atoms with Crippen molar-refractivity contribution in [1.29, 1.82) is 0 Å². The molecule has 1 aliphatic rings. The first-order valence-corrected chi connectivity index (χ1v) is 10.2. The van der Waals surface area contributed by atoms with Crippen molar-refractivity contribution in [3.8, 4) is 0 Å². The van der Waals surface area contributed by atoms with Gasteiger partial charge in [0.1, 0.15) is 16.5 Å². The Morgan fingerprint density at radius 3 is 2.65 bits per heavy atom. The molecule has 1 saturated heterocycles. The van der Waals surface area contributed by atoms with Gasteiger partial charge in [0, 0.05) is 29.9 Å². The minimum absolute atomic E-state index is 0.0514. The number of aromatic nitrogens is 2. The van der Waals surface area contributed by atoms with E-state index in [2.05, 4.69) is 19.6 Å². The number of morpholine rings is 1. The summed E-state index contributed by atoms with van der Waals surface area (Å²) in [6.45, 7) is 4.54. The van der Waals surface area contributed by atoms with Gasteiger partial charge in [-0.1, -0.05) is 23.2 Å². The van der Waals surface area contributed by atoms with Crippen LogP contribution >= 0.6 is 23.2 Å². The van der Waals surface area contributed by atoms with Gasteiger partial charge in [-0.3, -0.25) is 0 Å². The second-order valence-electron chi connectivity index (χ2n) is 5.78. The maximum Gasteiger partial charge on any atom is 0.242 e. The molecule has 26 heavy (non-hydrogen) atoms. The van der Waals surface area contributed by atoms with E-state index < -0.39 is 10.0 Å². The number of hydrogen-bond acceptors (Lipinski definition) is 6. The summed E-state index contributed by atoms with van der Waals surface area (Å²) in [4.78, 5) is 10.8. The number of nitrogens with one attached hydrogen (secondary N) is 1. The largest absolute Gasteiger partial charge is 0.378 e. The highest BCUT2D eigenvalue weighted by Gasteiger charge is 2.20. The first-order chi connectivity index (χ1) is 12.3. The van der Waals surface area contributed by atoms with Crippen LogP contribution in [0.25, 0.3) is 0 Å². The Morgan fingerprint density at radius 1 is 1.19 bits per heavy atom. The molecular weight excluding hydrogens is 399 g/mol. The van der Waals surface area contributed by atoms with Crippen molar-refractivity contribution >= 4 is 39.0 Å². The van der Waals surface area contributed by atoms with Crippen LogP contribution in [0.1, 0.15) is 11.5 Å². The number of nitrogens with zero attached hydrogens (tertiary/aromatic N) is 3. The van der Waals surface area contributed by atoms with E-state index in [9.17, 15) is 8.42 Å². The lowest BCUT2D eigenvalue weighted by molar-refractivity contribution is 0.122. The molecular formula is C16H18Cl2N4O3S. The van der Waals surface area contributed by atoms with Crippen LogP contribution in [0.4, 0.5) is 5.82 Å². The van der Waals surface area contributed by atoms with Crippen LogP contribution in [0.15, 0.2) is 29.2 Å². The number of benzene rings is 1. The van der Waals surface area contributed by atoms with E-state index >= 15 is 0 Å². The van der Waals surface area contributed by atoms with E-state index in [1.54, 1.807) is 0 Å². The molecule has 1 aromatic carbocycles. The smallest absolute Gasteiger partial charge is 0.242 e. The van der Waals surface area contributed by atoms with Gasteiger partial charge in [-0.2, -0.15) is 0 Å². The summed E-state index contributed by atoms with van der Waals surface area (Å²) in [6, 6.07) is 6.15. The van der Waals surface area contributed by atoms with Gasteiger partial charge in [-0.15, -0.1) is 0 Å². The van der Waals surface area contributed by atoms with Gasteiger partial charge in [-0.05, 0) is 25.1 Å². The van der Waals surface area contributed by atoms with E-state index in [4.69, 9.17) is 27.9 Å². The lowest BCUT2D eigenvalue weighted by atomic mass is 10.3. The molecule has 0 amide bonds. The Balaban J connectivity index is 1.78. The fraction of sp³-hybridized carbons (Fsp3) is 0.375. The molecule has 1 aliphatic heterocycles. The lowest BCUT2D eigenvalue weighted by Crippen LogP contribution is -2.37. The number of sulfonamides is 1. The van der Waals surface area contributed by atoms with Gasteiger partial charge in [0.25, 0.3) is 0 Å². The molecule has 3 rings (SSSR count). The molecule has 0 unspecified atom stereocenters. The zero-order valence-corrected chi connectivity index (χ0v) is 16.4. The maximum absolute atomic E-state index is 12.5. The molecule has 0 saturated carbocycles. The summed E-state index contributed by atoms with van der Waals surface area (Å²) in [5.74, 6) is 1.14. The van der Waals surface area contributed by atoms with Crippen molar-refractivity contribution in [3.63, 3.8) is 0 Å². The Bertz CT molecular complexity index is 902. The number of ether oxygens (including phenoxy) is 1. The van der Waals surface area contributed by atoms with Crippen molar-refractivity contribution in [2.24, 2.45) is 0 Å². The third kappa shape index (κ3) is 4.63. The molecule has 0 atom stereocenters. The summed E-state index contributed by atoms with van der Waals surface area (Å²) >= 11 is 11.9. The van der Waals surface area contributed by atoms with Crippen molar-refractivity contribution in [2.75, 3.05) is 31.2 Å². The number of halogens is 2. The Labute approximate surface area is 162 Å². The quantitative estimate of drug-likeness (QED) is 0.805. The second-order valence-corrected chi connectivity index (χ2v) is 8.36. The molecule has 2 aromatic rings. The molecule has 0 bridgehead atoms. The molecule has 0 spiro atoms. The van der Waals surface area contributed by atoms with Crippen LogP contribution in [0.2, 0.25) is 10.0 Å². The van der Waals surface area contributed by atoms with Gasteiger partial charge in [0.2, 0.25) is 10.0 Å². The van der Waals surface area contributed by atoms with Crippen molar-refractivity contribution in [1.82, 2.24) is 14.7 Å². The molecule has 0 aliphatic carbocycles. The first kappa shape index (κ1) is 19.3. The van der Waals surface area contributed by atoms with Crippen molar-refractivity contribution < 1.29 is 13.2 Å². The van der Waals surface area contributed by atoms with Crippen LogP contribution in [-0.2, 0) is 21.3 Å². The Hall–Kier alpha value is -1.45. The van der Waals surface area contributed by atoms with Crippen LogP contribution in [-0.4, -0.2) is 44.7 Å². The Morgan fingerprint density at radius 2 is 1.92 bits per heavy atom. The van der Waals surface area contributed by atoms with Crippen LogP contribution in [0.3, 0.4) is 0 Å². The number of aryl methyl sites for hydroxylation is 1.